The van der Waals surface area contributed by atoms with Gasteiger partial charge < -0.3 is 4.98 Å². The van der Waals surface area contributed by atoms with E-state index in [0.717, 1.165) is 16.7 Å². The fourth-order valence-corrected chi connectivity index (χ4v) is 3.09. The van der Waals surface area contributed by atoms with Crippen LogP contribution in [0, 0.1) is 6.92 Å². The lowest BCUT2D eigenvalue weighted by Gasteiger charge is -2.34. The molecule has 1 aromatic carbocycles. The number of hydrogen-bond donors (Lipinski definition) is 1. The predicted octanol–water partition coefficient (Wildman–Crippen LogP) is 5.26. The third-order valence-corrected chi connectivity index (χ3v) is 4.70. The van der Waals surface area contributed by atoms with E-state index in [0.29, 0.717) is 12.1 Å². The van der Waals surface area contributed by atoms with E-state index in [-0.39, 0.29) is 5.41 Å². The van der Waals surface area contributed by atoms with Crippen LogP contribution < -0.4 is 0 Å². The van der Waals surface area contributed by atoms with Gasteiger partial charge in [0.2, 0.25) is 0 Å². The molecule has 0 spiro atoms. The first kappa shape index (κ1) is 14.9. The molecule has 1 atom stereocenters. The maximum Gasteiger partial charge on any atom is 0.431 e. The van der Waals surface area contributed by atoms with Crippen molar-refractivity contribution in [3.63, 3.8) is 0 Å². The second-order valence-electron chi connectivity index (χ2n) is 6.32. The van der Waals surface area contributed by atoms with Gasteiger partial charge in [-0.15, -0.1) is 0 Å². The standard InChI is InChI=1S/C18H18F3N/c1-11-4-6-14(7-5-11)17(3)10-13-9-16(18(19,20)21)22-15(13)8-12(17)2/h4-9,22H,10H2,1-3H3. The highest BCUT2D eigenvalue weighted by Gasteiger charge is 2.38. The molecule has 1 aliphatic rings. The van der Waals surface area contributed by atoms with Crippen molar-refractivity contribution in [2.24, 2.45) is 0 Å². The number of aryl methyl sites for hydroxylation is 1. The molecule has 3 rings (SSSR count). The molecule has 0 fully saturated rings. The highest BCUT2D eigenvalue weighted by atomic mass is 19.4. The van der Waals surface area contributed by atoms with Gasteiger partial charge in [-0.2, -0.15) is 13.2 Å². The molecule has 116 valence electrons. The first-order valence-electron chi connectivity index (χ1n) is 7.25. The van der Waals surface area contributed by atoms with Crippen molar-refractivity contribution < 1.29 is 13.2 Å². The van der Waals surface area contributed by atoms with Crippen LogP contribution in [0.2, 0.25) is 0 Å². The Morgan fingerprint density at radius 3 is 2.32 bits per heavy atom. The van der Waals surface area contributed by atoms with Crippen LogP contribution in [0.5, 0.6) is 0 Å². The second kappa shape index (κ2) is 4.77. The number of rotatable bonds is 1. The van der Waals surface area contributed by atoms with Crippen LogP contribution in [0.25, 0.3) is 6.08 Å². The normalized spacial score (nSPS) is 21.5. The molecule has 4 heteroatoms. The van der Waals surface area contributed by atoms with Gasteiger partial charge in [-0.1, -0.05) is 42.3 Å². The average Bonchev–Trinajstić information content (AvgIpc) is 2.82. The molecule has 1 nitrogen and oxygen atoms in total. The van der Waals surface area contributed by atoms with Gasteiger partial charge in [0.25, 0.3) is 0 Å². The van der Waals surface area contributed by atoms with Crippen LogP contribution in [0.4, 0.5) is 13.2 Å². The van der Waals surface area contributed by atoms with Crippen molar-refractivity contribution in [3.05, 3.63) is 64.0 Å². The summed E-state index contributed by atoms with van der Waals surface area (Å²) in [5.74, 6) is 0. The number of halogens is 3. The molecular weight excluding hydrogens is 287 g/mol. The van der Waals surface area contributed by atoms with E-state index in [2.05, 4.69) is 24.0 Å². The zero-order chi connectivity index (χ0) is 16.1. The summed E-state index contributed by atoms with van der Waals surface area (Å²) in [5.41, 5.74) is 3.73. The third-order valence-electron chi connectivity index (χ3n) is 4.70. The number of nitrogens with one attached hydrogen (secondary N) is 1. The molecule has 0 aliphatic heterocycles. The van der Waals surface area contributed by atoms with Crippen LogP contribution in [0.1, 0.15) is 41.9 Å². The smallest absolute Gasteiger partial charge is 0.351 e. The van der Waals surface area contributed by atoms with Gasteiger partial charge in [0, 0.05) is 11.1 Å². The first-order valence-corrected chi connectivity index (χ1v) is 7.25. The van der Waals surface area contributed by atoms with Crippen LogP contribution in [-0.2, 0) is 18.0 Å². The third kappa shape index (κ3) is 2.36. The van der Waals surface area contributed by atoms with Crippen LogP contribution in [-0.4, -0.2) is 4.98 Å². The zero-order valence-corrected chi connectivity index (χ0v) is 12.8. The van der Waals surface area contributed by atoms with Crippen molar-refractivity contribution in [1.29, 1.82) is 0 Å². The summed E-state index contributed by atoms with van der Waals surface area (Å²) in [4.78, 5) is 2.50. The van der Waals surface area contributed by atoms with Gasteiger partial charge >= 0.3 is 6.18 Å². The number of aromatic amines is 1. The van der Waals surface area contributed by atoms with Crippen molar-refractivity contribution in [3.8, 4) is 0 Å². The summed E-state index contributed by atoms with van der Waals surface area (Å²) in [6.45, 7) is 6.10. The summed E-state index contributed by atoms with van der Waals surface area (Å²) >= 11 is 0. The van der Waals surface area contributed by atoms with Crippen molar-refractivity contribution >= 4 is 6.08 Å². The molecule has 0 amide bonds. The molecule has 0 bridgehead atoms. The number of hydrogen-bond acceptors (Lipinski definition) is 0. The van der Waals surface area contributed by atoms with E-state index in [1.807, 2.05) is 32.1 Å². The predicted molar refractivity (Wildman–Crippen MR) is 81.7 cm³/mol. The van der Waals surface area contributed by atoms with Gasteiger partial charge in [-0.05, 0) is 43.5 Å². The van der Waals surface area contributed by atoms with E-state index in [1.54, 1.807) is 0 Å². The van der Waals surface area contributed by atoms with Crippen molar-refractivity contribution in [1.82, 2.24) is 4.98 Å². The molecule has 1 N–H and O–H groups in total. The minimum atomic E-state index is -4.33. The molecule has 1 aromatic heterocycles. The molecule has 1 unspecified atom stereocenters. The largest absolute Gasteiger partial charge is 0.431 e. The highest BCUT2D eigenvalue weighted by molar-refractivity contribution is 5.62. The maximum absolute atomic E-state index is 12.9. The molecule has 2 aromatic rings. The molecular formula is C18H18F3N. The highest BCUT2D eigenvalue weighted by Crippen LogP contribution is 2.42. The van der Waals surface area contributed by atoms with Gasteiger partial charge in [-0.3, -0.25) is 0 Å². The number of aromatic nitrogens is 1. The summed E-state index contributed by atoms with van der Waals surface area (Å²) in [6, 6.07) is 9.46. The monoisotopic (exact) mass is 305 g/mol. The average molecular weight is 305 g/mol. The molecule has 0 radical (unpaired) electrons. The fourth-order valence-electron chi connectivity index (χ4n) is 3.09. The Kier molecular flexibility index (Phi) is 3.24. The topological polar surface area (TPSA) is 15.8 Å². The SMILES string of the molecule is CC1=Cc2[nH]c(C(F)(F)F)cc2CC1(C)c1ccc(C)cc1. The summed E-state index contributed by atoms with van der Waals surface area (Å²) < 4.78 is 38.6. The zero-order valence-electron chi connectivity index (χ0n) is 12.8. The Hall–Kier alpha value is -1.97. The summed E-state index contributed by atoms with van der Waals surface area (Å²) in [5, 5.41) is 0. The lowest BCUT2D eigenvalue weighted by atomic mass is 9.69. The summed E-state index contributed by atoms with van der Waals surface area (Å²) in [6.07, 6.45) is -1.92. The molecule has 0 saturated heterocycles. The van der Waals surface area contributed by atoms with Crippen molar-refractivity contribution in [2.45, 2.75) is 38.8 Å². The van der Waals surface area contributed by atoms with Gasteiger partial charge in [0.1, 0.15) is 5.69 Å². The van der Waals surface area contributed by atoms with E-state index >= 15 is 0 Å². The van der Waals surface area contributed by atoms with E-state index in [1.165, 1.54) is 11.6 Å². The quantitative estimate of drug-likeness (QED) is 0.739. The Labute approximate surface area is 127 Å². The summed E-state index contributed by atoms with van der Waals surface area (Å²) in [7, 11) is 0. The molecule has 22 heavy (non-hydrogen) atoms. The Balaban J connectivity index is 2.04. The van der Waals surface area contributed by atoms with Gasteiger partial charge in [0.15, 0.2) is 0 Å². The lowest BCUT2D eigenvalue weighted by molar-refractivity contribution is -0.140. The van der Waals surface area contributed by atoms with Crippen LogP contribution in [0.15, 0.2) is 35.9 Å². The fraction of sp³-hybridized carbons (Fsp3) is 0.333. The van der Waals surface area contributed by atoms with E-state index in [4.69, 9.17) is 0 Å². The number of benzene rings is 1. The van der Waals surface area contributed by atoms with Crippen LogP contribution in [0.3, 0.4) is 0 Å². The van der Waals surface area contributed by atoms with Crippen LogP contribution >= 0.6 is 0 Å². The maximum atomic E-state index is 12.9. The second-order valence-corrected chi connectivity index (χ2v) is 6.32. The minimum absolute atomic E-state index is 0.272. The Morgan fingerprint density at radius 1 is 1.09 bits per heavy atom. The van der Waals surface area contributed by atoms with Gasteiger partial charge in [-0.25, -0.2) is 0 Å². The first-order chi connectivity index (χ1) is 10.2. The molecule has 0 saturated carbocycles. The van der Waals surface area contributed by atoms with Crippen molar-refractivity contribution in [2.75, 3.05) is 0 Å². The van der Waals surface area contributed by atoms with E-state index < -0.39 is 11.9 Å². The lowest BCUT2D eigenvalue weighted by Crippen LogP contribution is -2.29. The van der Waals surface area contributed by atoms with E-state index in [9.17, 15) is 13.2 Å². The Morgan fingerprint density at radius 2 is 1.73 bits per heavy atom. The van der Waals surface area contributed by atoms with Gasteiger partial charge in [0.05, 0.1) is 0 Å². The molecule has 1 heterocycles. The Bertz CT molecular complexity index is 735. The number of H-pyrrole nitrogens is 1. The number of allylic oxidation sites excluding steroid dienone is 1. The number of alkyl halides is 3. The molecule has 1 aliphatic carbocycles. The number of fused-ring (bicyclic) bond motifs is 1. The minimum Gasteiger partial charge on any atom is -0.351 e.